The van der Waals surface area contributed by atoms with Crippen molar-refractivity contribution in [1.29, 1.82) is 0 Å². The van der Waals surface area contributed by atoms with Crippen LogP contribution >= 0.6 is 23.5 Å². The molecule has 3 aromatic carbocycles. The first-order chi connectivity index (χ1) is 25.0. The number of anilines is 2. The standard InChI is InChI=1S/C39H51N3O7S3/c1-5-7-20-39(21-8-6-2)26-42(29-17-13-10-14-18-29)31-23-33(51-4)32(24-34(31)52(47,48)27-39)49-22-19-35(43)41-36(28-15-11-9-12-16-28)37(44)40-30(25-50-3)38(45)46/h9-18,23-24,30,36H,5-8,19-22,25-27H2,1-4H3,(H,40,44)(H,41,43)(H,45,46)/t30-,36?/m0/s1. The van der Waals surface area contributed by atoms with Crippen molar-refractivity contribution in [2.24, 2.45) is 5.41 Å². The van der Waals surface area contributed by atoms with Gasteiger partial charge in [0.15, 0.2) is 9.84 Å². The molecule has 1 heterocycles. The minimum Gasteiger partial charge on any atom is -0.492 e. The second-order valence-corrected chi connectivity index (χ2v) is 16.9. The molecular formula is C39H51N3O7S3. The van der Waals surface area contributed by atoms with Crippen LogP contribution in [0.25, 0.3) is 0 Å². The van der Waals surface area contributed by atoms with Gasteiger partial charge in [-0.05, 0) is 49.1 Å². The maximum atomic E-state index is 14.4. The third kappa shape index (κ3) is 10.7. The smallest absolute Gasteiger partial charge is 0.327 e. The van der Waals surface area contributed by atoms with Crippen molar-refractivity contribution < 1.29 is 32.6 Å². The number of hydrogen-bond donors (Lipinski definition) is 3. The van der Waals surface area contributed by atoms with Crippen LogP contribution in [0.3, 0.4) is 0 Å². The fraction of sp³-hybridized carbons (Fsp3) is 0.462. The number of amides is 2. The van der Waals surface area contributed by atoms with E-state index in [1.807, 2.05) is 42.7 Å². The van der Waals surface area contributed by atoms with Gasteiger partial charge in [-0.25, -0.2) is 13.2 Å². The lowest BCUT2D eigenvalue weighted by Gasteiger charge is -2.37. The third-order valence-corrected chi connectivity index (χ3v) is 12.7. The Morgan fingerprint density at radius 1 is 0.942 bits per heavy atom. The number of nitrogens with zero attached hydrogens (tertiary/aromatic N) is 1. The number of carbonyl (C=O) groups excluding carboxylic acids is 2. The molecule has 0 aliphatic carbocycles. The highest BCUT2D eigenvalue weighted by Gasteiger charge is 2.42. The number of unbranched alkanes of at least 4 members (excludes halogenated alkanes) is 2. The SMILES string of the molecule is CCCCC1(CCCC)CN(c2ccccc2)c2cc(SC)c(OCCC(=O)NC(C(=O)N[C@@H](CSC)C(=O)O)c3ccccc3)cc2S(=O)(=O)C1. The maximum Gasteiger partial charge on any atom is 0.327 e. The summed E-state index contributed by atoms with van der Waals surface area (Å²) in [6.45, 7) is 4.77. The highest BCUT2D eigenvalue weighted by atomic mass is 32.2. The van der Waals surface area contributed by atoms with E-state index in [1.165, 1.54) is 23.5 Å². The summed E-state index contributed by atoms with van der Waals surface area (Å²) in [5, 5.41) is 14.8. The number of aliphatic carboxylic acids is 1. The predicted molar refractivity (Wildman–Crippen MR) is 211 cm³/mol. The maximum absolute atomic E-state index is 14.4. The van der Waals surface area contributed by atoms with E-state index in [1.54, 1.807) is 42.7 Å². The summed E-state index contributed by atoms with van der Waals surface area (Å²) in [7, 11) is -3.75. The van der Waals surface area contributed by atoms with E-state index in [9.17, 15) is 27.9 Å². The third-order valence-electron chi connectivity index (χ3n) is 9.29. The number of para-hydroxylation sites is 1. The Labute approximate surface area is 316 Å². The Morgan fingerprint density at radius 3 is 2.15 bits per heavy atom. The Hall–Kier alpha value is -3.68. The summed E-state index contributed by atoms with van der Waals surface area (Å²) in [5.74, 6) is -1.72. The number of carboxylic acids is 1. The second kappa shape index (κ2) is 19.4. The molecule has 0 fully saturated rings. The molecule has 2 atom stereocenters. The van der Waals surface area contributed by atoms with Crippen LogP contribution in [0.1, 0.15) is 70.4 Å². The largest absolute Gasteiger partial charge is 0.492 e. The summed E-state index contributed by atoms with van der Waals surface area (Å²) < 4.78 is 34.9. The van der Waals surface area contributed by atoms with E-state index in [0.717, 1.165) is 49.1 Å². The molecule has 4 rings (SSSR count). The molecule has 1 aliphatic heterocycles. The van der Waals surface area contributed by atoms with E-state index < -0.39 is 45.1 Å². The van der Waals surface area contributed by atoms with E-state index in [0.29, 0.717) is 23.5 Å². The van der Waals surface area contributed by atoms with Crippen molar-refractivity contribution in [3.05, 3.63) is 78.4 Å². The minimum atomic E-state index is -3.75. The Kier molecular flexibility index (Phi) is 15.3. The second-order valence-electron chi connectivity index (χ2n) is 13.2. The van der Waals surface area contributed by atoms with Gasteiger partial charge in [0, 0.05) is 29.5 Å². The summed E-state index contributed by atoms with van der Waals surface area (Å²) in [6.07, 6.45) is 8.97. The number of benzene rings is 3. The average Bonchev–Trinajstić information content (AvgIpc) is 3.23. The number of carbonyl (C=O) groups is 3. The number of carboxylic acid groups (broad SMARTS) is 1. The van der Waals surface area contributed by atoms with Gasteiger partial charge in [-0.3, -0.25) is 9.59 Å². The van der Waals surface area contributed by atoms with Gasteiger partial charge in [-0.2, -0.15) is 11.8 Å². The lowest BCUT2D eigenvalue weighted by molar-refractivity contribution is -0.141. The summed E-state index contributed by atoms with van der Waals surface area (Å²) >= 11 is 2.72. The monoisotopic (exact) mass is 769 g/mol. The topological polar surface area (TPSA) is 142 Å². The number of hydrogen-bond acceptors (Lipinski definition) is 9. The van der Waals surface area contributed by atoms with Gasteiger partial charge < -0.3 is 25.4 Å². The molecule has 52 heavy (non-hydrogen) atoms. The summed E-state index contributed by atoms with van der Waals surface area (Å²) in [6, 6.07) is 19.8. The van der Waals surface area contributed by atoms with Gasteiger partial charge in [0.05, 0.1) is 34.3 Å². The van der Waals surface area contributed by atoms with Gasteiger partial charge in [0.1, 0.15) is 17.8 Å². The number of ether oxygens (including phenoxy) is 1. The molecule has 13 heteroatoms. The van der Waals surface area contributed by atoms with Crippen molar-refractivity contribution >= 4 is 62.5 Å². The van der Waals surface area contributed by atoms with Crippen molar-refractivity contribution in [3.63, 3.8) is 0 Å². The molecule has 0 bridgehead atoms. The fourth-order valence-corrected chi connectivity index (χ4v) is 9.83. The van der Waals surface area contributed by atoms with Crippen LogP contribution in [-0.2, 0) is 24.2 Å². The van der Waals surface area contributed by atoms with E-state index in [2.05, 4.69) is 29.4 Å². The molecule has 3 N–H and O–H groups in total. The molecule has 0 aromatic heterocycles. The van der Waals surface area contributed by atoms with Crippen LogP contribution in [0.4, 0.5) is 11.4 Å². The van der Waals surface area contributed by atoms with Crippen molar-refractivity contribution in [2.45, 2.75) is 80.7 Å². The molecule has 0 radical (unpaired) electrons. The Bertz CT molecular complexity index is 1750. The van der Waals surface area contributed by atoms with Crippen LogP contribution in [0.5, 0.6) is 5.75 Å². The first-order valence-corrected chi connectivity index (χ1v) is 22.0. The molecule has 2 amide bonds. The van der Waals surface area contributed by atoms with Gasteiger partial charge in [0.2, 0.25) is 11.8 Å². The lowest BCUT2D eigenvalue weighted by Crippen LogP contribution is -2.48. The van der Waals surface area contributed by atoms with Gasteiger partial charge >= 0.3 is 5.97 Å². The molecule has 0 saturated heterocycles. The number of rotatable bonds is 19. The summed E-state index contributed by atoms with van der Waals surface area (Å²) in [4.78, 5) is 41.3. The molecule has 3 aromatic rings. The van der Waals surface area contributed by atoms with Crippen molar-refractivity contribution in [1.82, 2.24) is 10.6 Å². The molecule has 1 unspecified atom stereocenters. The first-order valence-electron chi connectivity index (χ1n) is 17.7. The van der Waals surface area contributed by atoms with E-state index in [-0.39, 0.29) is 29.4 Å². The molecule has 282 valence electrons. The zero-order valence-corrected chi connectivity index (χ0v) is 32.9. The molecule has 0 saturated carbocycles. The van der Waals surface area contributed by atoms with Crippen LogP contribution in [-0.4, -0.2) is 74.5 Å². The number of thioether (sulfide) groups is 2. The normalized spacial score (nSPS) is 15.8. The minimum absolute atomic E-state index is 0.0411. The Morgan fingerprint density at radius 2 is 1.58 bits per heavy atom. The zero-order valence-electron chi connectivity index (χ0n) is 30.4. The quantitative estimate of drug-likeness (QED) is 0.107. The number of nitrogens with one attached hydrogen (secondary N) is 2. The van der Waals surface area contributed by atoms with Crippen LogP contribution in [0.2, 0.25) is 0 Å². The van der Waals surface area contributed by atoms with E-state index >= 15 is 0 Å². The van der Waals surface area contributed by atoms with Gasteiger partial charge in [-0.1, -0.05) is 88.1 Å². The summed E-state index contributed by atoms with van der Waals surface area (Å²) in [5.41, 5.74) is 1.61. The molecular weight excluding hydrogens is 719 g/mol. The average molecular weight is 770 g/mol. The van der Waals surface area contributed by atoms with E-state index in [4.69, 9.17) is 4.74 Å². The van der Waals surface area contributed by atoms with Crippen molar-refractivity contribution in [3.8, 4) is 5.75 Å². The van der Waals surface area contributed by atoms with Crippen LogP contribution in [0.15, 0.2) is 82.6 Å². The highest BCUT2D eigenvalue weighted by molar-refractivity contribution is 7.99. The highest BCUT2D eigenvalue weighted by Crippen LogP contribution is 2.47. The first kappa shape index (κ1) is 41.1. The molecule has 10 nitrogen and oxygen atoms in total. The molecule has 0 spiro atoms. The van der Waals surface area contributed by atoms with Crippen LogP contribution in [0, 0.1) is 5.41 Å². The molecule has 1 aliphatic rings. The zero-order chi connectivity index (χ0) is 37.7. The lowest BCUT2D eigenvalue weighted by atomic mass is 9.79. The number of fused-ring (bicyclic) bond motifs is 1. The Balaban J connectivity index is 1.61. The van der Waals surface area contributed by atoms with Crippen LogP contribution < -0.4 is 20.3 Å². The van der Waals surface area contributed by atoms with Gasteiger partial charge in [-0.15, -0.1) is 11.8 Å². The van der Waals surface area contributed by atoms with Gasteiger partial charge in [0.25, 0.3) is 0 Å². The predicted octanol–water partition coefficient (Wildman–Crippen LogP) is 7.26. The van der Waals surface area contributed by atoms with Crippen molar-refractivity contribution in [2.75, 3.05) is 42.1 Å². The fourth-order valence-electron chi connectivity index (χ4n) is 6.61. The number of sulfone groups is 1.